The Labute approximate surface area is 46.9 Å². The van der Waals surface area contributed by atoms with Crippen LogP contribution < -0.4 is 0 Å². The van der Waals surface area contributed by atoms with Gasteiger partial charge < -0.3 is 0 Å². The van der Waals surface area contributed by atoms with E-state index in [0.717, 1.165) is 17.1 Å². The van der Waals surface area contributed by atoms with E-state index in [2.05, 4.69) is 12.6 Å². The fourth-order valence-corrected chi connectivity index (χ4v) is 0.619. The fourth-order valence-electron chi connectivity index (χ4n) is 0.101. The second-order valence-electron chi connectivity index (χ2n) is 0.691. The fraction of sp³-hybridized carbons (Fsp3) is 0.667. The summed E-state index contributed by atoms with van der Waals surface area (Å²) in [7, 11) is 0. The van der Waals surface area contributed by atoms with Crippen LogP contribution in [0.1, 0.15) is 0 Å². The Morgan fingerprint density at radius 2 is 2.50 bits per heavy atom. The van der Waals surface area contributed by atoms with Crippen molar-refractivity contribution in [1.82, 2.24) is 0 Å². The number of hydrogen-bond donors (Lipinski definition) is 1. The van der Waals surface area contributed by atoms with Gasteiger partial charge in [0.25, 0.3) is 0 Å². The maximum absolute atomic E-state index is 9.49. The molecule has 0 aromatic rings. The molecule has 0 N–H and O–H groups in total. The summed E-state index contributed by atoms with van der Waals surface area (Å²) in [5, 5.41) is 0. The largest absolute Gasteiger partial charge is 0.291 e. The first-order chi connectivity index (χ1) is 2.91. The molecule has 0 fully saturated rings. The first-order valence-electron chi connectivity index (χ1n) is 1.58. The molecule has 0 aliphatic heterocycles. The number of carbonyl (C=O) groups excluding carboxylic acids is 1. The van der Waals surface area contributed by atoms with E-state index in [1.165, 1.54) is 11.8 Å². The second kappa shape index (κ2) is 5.37. The molecule has 0 aliphatic rings. The molecule has 0 amide bonds. The van der Waals surface area contributed by atoms with Gasteiger partial charge in [-0.25, -0.2) is 0 Å². The first-order valence-corrected chi connectivity index (χ1v) is 3.26. The Balaban J connectivity index is 2.49. The van der Waals surface area contributed by atoms with Crippen molar-refractivity contribution in [2.45, 2.75) is 0 Å². The van der Waals surface area contributed by atoms with Crippen molar-refractivity contribution in [1.29, 1.82) is 0 Å². The van der Waals surface area contributed by atoms with E-state index < -0.39 is 0 Å². The number of thioether (sulfide) groups is 1. The molecule has 0 aliphatic carbocycles. The lowest BCUT2D eigenvalue weighted by Crippen LogP contribution is -1.74. The SMILES string of the molecule is O=CSCCS. The van der Waals surface area contributed by atoms with E-state index in [1.807, 2.05) is 0 Å². The molecule has 36 valence electrons. The maximum atomic E-state index is 9.49. The van der Waals surface area contributed by atoms with Gasteiger partial charge in [-0.3, -0.25) is 4.79 Å². The van der Waals surface area contributed by atoms with Gasteiger partial charge in [0.15, 0.2) is 5.62 Å². The molecule has 1 nitrogen and oxygen atoms in total. The van der Waals surface area contributed by atoms with Gasteiger partial charge in [0.1, 0.15) is 0 Å². The predicted molar refractivity (Wildman–Crippen MR) is 33.1 cm³/mol. The molecule has 0 unspecified atom stereocenters. The van der Waals surface area contributed by atoms with Crippen LogP contribution in [0.2, 0.25) is 0 Å². The van der Waals surface area contributed by atoms with Crippen LogP contribution in [0.3, 0.4) is 0 Å². The van der Waals surface area contributed by atoms with Crippen molar-refractivity contribution in [2.24, 2.45) is 0 Å². The van der Waals surface area contributed by atoms with Crippen molar-refractivity contribution in [3.63, 3.8) is 0 Å². The van der Waals surface area contributed by atoms with Crippen molar-refractivity contribution >= 4 is 30.0 Å². The summed E-state index contributed by atoms with van der Waals surface area (Å²) in [6, 6.07) is 0. The number of hydrogen-bond acceptors (Lipinski definition) is 3. The monoisotopic (exact) mass is 122 g/mol. The molecule has 0 atom stereocenters. The molecule has 0 radical (unpaired) electrons. The van der Waals surface area contributed by atoms with Crippen molar-refractivity contribution < 1.29 is 4.79 Å². The van der Waals surface area contributed by atoms with E-state index in [-0.39, 0.29) is 0 Å². The molecular weight excluding hydrogens is 116 g/mol. The topological polar surface area (TPSA) is 17.1 Å². The molecule has 0 bridgehead atoms. The van der Waals surface area contributed by atoms with Crippen LogP contribution in [0.25, 0.3) is 0 Å². The predicted octanol–water partition coefficient (Wildman–Crippen LogP) is 0.840. The minimum atomic E-state index is 0.781. The molecule has 0 saturated carbocycles. The molecule has 0 saturated heterocycles. The third-order valence-corrected chi connectivity index (χ3v) is 1.38. The van der Waals surface area contributed by atoms with Gasteiger partial charge in [-0.05, 0) is 5.75 Å². The van der Waals surface area contributed by atoms with E-state index in [4.69, 9.17) is 0 Å². The van der Waals surface area contributed by atoms with Crippen LogP contribution in [0.4, 0.5) is 0 Å². The third-order valence-electron chi connectivity index (χ3n) is 0.277. The zero-order valence-corrected chi connectivity index (χ0v) is 4.97. The van der Waals surface area contributed by atoms with Crippen LogP contribution in [0.5, 0.6) is 0 Å². The Hall–Kier alpha value is 0.370. The Kier molecular flexibility index (Phi) is 5.70. The minimum Gasteiger partial charge on any atom is -0.291 e. The zero-order chi connectivity index (χ0) is 4.83. The van der Waals surface area contributed by atoms with Crippen LogP contribution in [0, 0.1) is 0 Å². The molecule has 6 heavy (non-hydrogen) atoms. The minimum absolute atomic E-state index is 0.781. The van der Waals surface area contributed by atoms with Gasteiger partial charge in [0.2, 0.25) is 0 Å². The van der Waals surface area contributed by atoms with Gasteiger partial charge in [0.05, 0.1) is 0 Å². The normalized spacial score (nSPS) is 8.17. The standard InChI is InChI=1S/C3H6OS2/c4-3-6-2-1-5/h3,5H,1-2H2. The van der Waals surface area contributed by atoms with Crippen molar-refractivity contribution in [3.05, 3.63) is 0 Å². The molecular formula is C3H6OS2. The summed E-state index contributed by atoms with van der Waals surface area (Å²) < 4.78 is 0. The zero-order valence-electron chi connectivity index (χ0n) is 3.26. The van der Waals surface area contributed by atoms with Gasteiger partial charge in [-0.15, -0.1) is 0 Å². The Bertz CT molecular complexity index is 37.8. The lowest BCUT2D eigenvalue weighted by molar-refractivity contribution is 0.570. The van der Waals surface area contributed by atoms with Gasteiger partial charge >= 0.3 is 0 Å². The van der Waals surface area contributed by atoms with Crippen molar-refractivity contribution in [2.75, 3.05) is 11.5 Å². The summed E-state index contributed by atoms with van der Waals surface area (Å²) in [6.45, 7) is 0. The second-order valence-corrected chi connectivity index (χ2v) is 2.07. The molecule has 3 heteroatoms. The summed E-state index contributed by atoms with van der Waals surface area (Å²) in [4.78, 5) is 9.49. The summed E-state index contributed by atoms with van der Waals surface area (Å²) >= 11 is 5.13. The number of carbonyl (C=O) groups is 1. The summed E-state index contributed by atoms with van der Waals surface area (Å²) in [6.07, 6.45) is 0. The maximum Gasteiger partial charge on any atom is 0.176 e. The van der Waals surface area contributed by atoms with Gasteiger partial charge in [0, 0.05) is 5.75 Å². The quantitative estimate of drug-likeness (QED) is 0.339. The highest BCUT2D eigenvalue weighted by Crippen LogP contribution is 1.91. The summed E-state index contributed by atoms with van der Waals surface area (Å²) in [5.74, 6) is 1.61. The van der Waals surface area contributed by atoms with E-state index >= 15 is 0 Å². The van der Waals surface area contributed by atoms with Crippen LogP contribution in [-0.2, 0) is 4.79 Å². The van der Waals surface area contributed by atoms with E-state index in [0.29, 0.717) is 0 Å². The van der Waals surface area contributed by atoms with Gasteiger partial charge in [-0.2, -0.15) is 12.6 Å². The summed E-state index contributed by atoms with van der Waals surface area (Å²) in [5.41, 5.74) is 0.830. The lowest BCUT2D eigenvalue weighted by atomic mass is 11.0. The Morgan fingerprint density at radius 1 is 1.83 bits per heavy atom. The molecule has 0 heterocycles. The smallest absolute Gasteiger partial charge is 0.176 e. The average molecular weight is 122 g/mol. The highest BCUT2D eigenvalue weighted by molar-refractivity contribution is 8.12. The van der Waals surface area contributed by atoms with Crippen LogP contribution in [0.15, 0.2) is 0 Å². The van der Waals surface area contributed by atoms with Crippen LogP contribution in [-0.4, -0.2) is 17.1 Å². The number of thiol groups is 1. The van der Waals surface area contributed by atoms with Gasteiger partial charge in [-0.1, -0.05) is 11.8 Å². The highest BCUT2D eigenvalue weighted by atomic mass is 32.2. The molecule has 0 rings (SSSR count). The van der Waals surface area contributed by atoms with Crippen LogP contribution >= 0.6 is 24.4 Å². The highest BCUT2D eigenvalue weighted by Gasteiger charge is 1.75. The molecule has 0 spiro atoms. The average Bonchev–Trinajstić information content (AvgIpc) is 1.61. The first kappa shape index (κ1) is 6.37. The Morgan fingerprint density at radius 3 is 2.67 bits per heavy atom. The number of rotatable bonds is 3. The van der Waals surface area contributed by atoms with Crippen molar-refractivity contribution in [3.8, 4) is 0 Å². The molecule has 0 aromatic carbocycles. The van der Waals surface area contributed by atoms with E-state index in [1.54, 1.807) is 0 Å². The molecule has 0 aromatic heterocycles. The third kappa shape index (κ3) is 4.37. The van der Waals surface area contributed by atoms with E-state index in [9.17, 15) is 4.79 Å². The lowest BCUT2D eigenvalue weighted by Gasteiger charge is -1.78.